The maximum Gasteiger partial charge on any atom is 0.128 e. The minimum atomic E-state index is -0.518. The fourth-order valence-corrected chi connectivity index (χ4v) is 3.27. The van der Waals surface area contributed by atoms with Crippen LogP contribution in [0.1, 0.15) is 25.7 Å². The molecule has 2 fully saturated rings. The van der Waals surface area contributed by atoms with Crippen LogP contribution in [0.2, 0.25) is 0 Å². The Morgan fingerprint density at radius 2 is 1.78 bits per heavy atom. The summed E-state index contributed by atoms with van der Waals surface area (Å²) < 4.78 is 26.3. The van der Waals surface area contributed by atoms with Gasteiger partial charge in [-0.25, -0.2) is 8.78 Å². The second kappa shape index (κ2) is 4.84. The lowest BCUT2D eigenvalue weighted by atomic mass is 9.99. The Morgan fingerprint density at radius 1 is 1.00 bits per heavy atom. The van der Waals surface area contributed by atoms with E-state index in [1.54, 1.807) is 0 Å². The van der Waals surface area contributed by atoms with Gasteiger partial charge in [-0.2, -0.15) is 0 Å². The van der Waals surface area contributed by atoms with E-state index in [9.17, 15) is 8.78 Å². The highest BCUT2D eigenvalue weighted by molar-refractivity contribution is 5.45. The lowest BCUT2D eigenvalue weighted by Crippen LogP contribution is -2.41. The highest BCUT2D eigenvalue weighted by Gasteiger charge is 2.35. The van der Waals surface area contributed by atoms with E-state index in [0.717, 1.165) is 19.0 Å². The fraction of sp³-hybridized carbons (Fsp3) is 0.571. The van der Waals surface area contributed by atoms with Crippen LogP contribution in [0.4, 0.5) is 14.5 Å². The number of nitrogens with one attached hydrogen (secondary N) is 1. The second-order valence-electron chi connectivity index (χ2n) is 5.30. The minimum absolute atomic E-state index is 0.325. The molecule has 18 heavy (non-hydrogen) atoms. The van der Waals surface area contributed by atoms with E-state index >= 15 is 0 Å². The summed E-state index contributed by atoms with van der Waals surface area (Å²) in [7, 11) is 0. The van der Waals surface area contributed by atoms with Gasteiger partial charge in [0.05, 0.1) is 0 Å². The SMILES string of the molecule is Fc1cc(F)cc(NC2CCN3CCCCC23)c1. The van der Waals surface area contributed by atoms with Gasteiger partial charge in [0.25, 0.3) is 0 Å². The predicted octanol–water partition coefficient (Wildman–Crippen LogP) is 3.00. The number of anilines is 1. The first-order chi connectivity index (χ1) is 8.72. The molecule has 0 spiro atoms. The quantitative estimate of drug-likeness (QED) is 0.870. The molecule has 0 bridgehead atoms. The van der Waals surface area contributed by atoms with E-state index in [0.29, 0.717) is 17.8 Å². The zero-order chi connectivity index (χ0) is 12.5. The van der Waals surface area contributed by atoms with Gasteiger partial charge in [-0.1, -0.05) is 6.42 Å². The summed E-state index contributed by atoms with van der Waals surface area (Å²) in [5, 5.41) is 3.30. The number of nitrogens with zero attached hydrogens (tertiary/aromatic N) is 1. The highest BCUT2D eigenvalue weighted by Crippen LogP contribution is 2.29. The van der Waals surface area contributed by atoms with Gasteiger partial charge in [0.15, 0.2) is 0 Å². The number of fused-ring (bicyclic) bond motifs is 1. The molecule has 1 aromatic carbocycles. The average Bonchev–Trinajstić information content (AvgIpc) is 2.72. The molecule has 2 nitrogen and oxygen atoms in total. The van der Waals surface area contributed by atoms with E-state index in [-0.39, 0.29) is 0 Å². The van der Waals surface area contributed by atoms with Crippen molar-refractivity contribution in [2.75, 3.05) is 18.4 Å². The molecule has 98 valence electrons. The molecule has 1 N–H and O–H groups in total. The number of piperidine rings is 1. The summed E-state index contributed by atoms with van der Waals surface area (Å²) in [6.45, 7) is 2.26. The fourth-order valence-electron chi connectivity index (χ4n) is 3.27. The van der Waals surface area contributed by atoms with E-state index in [2.05, 4.69) is 10.2 Å². The first-order valence-electron chi connectivity index (χ1n) is 6.69. The third kappa shape index (κ3) is 2.34. The molecule has 2 unspecified atom stereocenters. The molecule has 0 saturated carbocycles. The van der Waals surface area contributed by atoms with Crippen LogP contribution < -0.4 is 5.32 Å². The molecule has 2 aliphatic heterocycles. The zero-order valence-corrected chi connectivity index (χ0v) is 10.3. The van der Waals surface area contributed by atoms with Crippen molar-refractivity contribution in [2.24, 2.45) is 0 Å². The number of benzene rings is 1. The minimum Gasteiger partial charge on any atom is -0.381 e. The Hall–Kier alpha value is -1.16. The maximum absolute atomic E-state index is 13.1. The van der Waals surface area contributed by atoms with Crippen LogP contribution in [0.5, 0.6) is 0 Å². The van der Waals surface area contributed by atoms with Gasteiger partial charge < -0.3 is 5.32 Å². The molecule has 0 aliphatic carbocycles. The van der Waals surface area contributed by atoms with E-state index in [4.69, 9.17) is 0 Å². The van der Waals surface area contributed by atoms with Crippen LogP contribution in [0.3, 0.4) is 0 Å². The van der Waals surface area contributed by atoms with Crippen molar-refractivity contribution >= 4 is 5.69 Å². The lowest BCUT2D eigenvalue weighted by Gasteiger charge is -2.33. The van der Waals surface area contributed by atoms with Crippen molar-refractivity contribution in [3.05, 3.63) is 29.8 Å². The third-order valence-corrected chi connectivity index (χ3v) is 4.07. The van der Waals surface area contributed by atoms with Gasteiger partial charge >= 0.3 is 0 Å². The summed E-state index contributed by atoms with van der Waals surface area (Å²) in [5.41, 5.74) is 0.560. The standard InChI is InChI=1S/C14H18F2N2/c15-10-7-11(16)9-12(8-10)17-13-4-6-18-5-2-1-3-14(13)18/h7-9,13-14,17H,1-6H2. The van der Waals surface area contributed by atoms with Crippen LogP contribution in [0.25, 0.3) is 0 Å². The molecule has 2 saturated heterocycles. The maximum atomic E-state index is 13.1. The molecule has 0 amide bonds. The van der Waals surface area contributed by atoms with Crippen molar-refractivity contribution < 1.29 is 8.78 Å². The van der Waals surface area contributed by atoms with Gasteiger partial charge in [-0.3, -0.25) is 4.90 Å². The molecule has 3 rings (SSSR count). The number of hydrogen-bond acceptors (Lipinski definition) is 2. The van der Waals surface area contributed by atoms with Crippen LogP contribution in [0.15, 0.2) is 18.2 Å². The van der Waals surface area contributed by atoms with E-state index < -0.39 is 11.6 Å². The highest BCUT2D eigenvalue weighted by atomic mass is 19.1. The van der Waals surface area contributed by atoms with Gasteiger partial charge in [0.2, 0.25) is 0 Å². The molecule has 0 radical (unpaired) electrons. The Kier molecular flexibility index (Phi) is 3.20. The predicted molar refractivity (Wildman–Crippen MR) is 67.6 cm³/mol. The van der Waals surface area contributed by atoms with Crippen molar-refractivity contribution in [2.45, 2.75) is 37.8 Å². The Labute approximate surface area is 106 Å². The summed E-state index contributed by atoms with van der Waals surface area (Å²) in [4.78, 5) is 2.50. The van der Waals surface area contributed by atoms with Crippen molar-refractivity contribution in [3.63, 3.8) is 0 Å². The largest absolute Gasteiger partial charge is 0.381 e. The van der Waals surface area contributed by atoms with E-state index in [1.807, 2.05) is 0 Å². The van der Waals surface area contributed by atoms with E-state index in [1.165, 1.54) is 37.9 Å². The molecule has 2 atom stereocenters. The Bertz CT molecular complexity index is 416. The van der Waals surface area contributed by atoms with Gasteiger partial charge in [0.1, 0.15) is 11.6 Å². The van der Waals surface area contributed by atoms with Crippen LogP contribution in [-0.4, -0.2) is 30.1 Å². The van der Waals surface area contributed by atoms with Gasteiger partial charge in [-0.05, 0) is 37.9 Å². The summed E-state index contributed by atoms with van der Waals surface area (Å²) in [5.74, 6) is -1.04. The number of hydrogen-bond donors (Lipinski definition) is 1. The Morgan fingerprint density at radius 3 is 2.56 bits per heavy atom. The molecular weight excluding hydrogens is 234 g/mol. The van der Waals surface area contributed by atoms with Crippen LogP contribution in [0, 0.1) is 11.6 Å². The summed E-state index contributed by atoms with van der Waals surface area (Å²) in [6.07, 6.45) is 4.78. The molecular formula is C14H18F2N2. The monoisotopic (exact) mass is 252 g/mol. The van der Waals surface area contributed by atoms with Crippen molar-refractivity contribution in [3.8, 4) is 0 Å². The average molecular weight is 252 g/mol. The summed E-state index contributed by atoms with van der Waals surface area (Å²) >= 11 is 0. The molecule has 1 aromatic rings. The topological polar surface area (TPSA) is 15.3 Å². The zero-order valence-electron chi connectivity index (χ0n) is 10.3. The molecule has 4 heteroatoms. The third-order valence-electron chi connectivity index (χ3n) is 4.07. The van der Waals surface area contributed by atoms with Gasteiger partial charge in [-0.15, -0.1) is 0 Å². The van der Waals surface area contributed by atoms with Crippen LogP contribution in [-0.2, 0) is 0 Å². The molecule has 0 aromatic heterocycles. The second-order valence-corrected chi connectivity index (χ2v) is 5.30. The number of halogens is 2. The van der Waals surface area contributed by atoms with Crippen LogP contribution >= 0.6 is 0 Å². The van der Waals surface area contributed by atoms with Crippen molar-refractivity contribution in [1.29, 1.82) is 0 Å². The normalized spacial score (nSPS) is 28.1. The smallest absolute Gasteiger partial charge is 0.128 e. The summed E-state index contributed by atoms with van der Waals surface area (Å²) in [6, 6.07) is 4.51. The van der Waals surface area contributed by atoms with Gasteiger partial charge in [0, 0.05) is 30.4 Å². The lowest BCUT2D eigenvalue weighted by molar-refractivity contribution is 0.193. The Balaban J connectivity index is 1.72. The molecule has 2 heterocycles. The van der Waals surface area contributed by atoms with Crippen molar-refractivity contribution in [1.82, 2.24) is 4.90 Å². The molecule has 2 aliphatic rings. The number of rotatable bonds is 2. The first-order valence-corrected chi connectivity index (χ1v) is 6.69. The first kappa shape index (κ1) is 11.9.